The predicted molar refractivity (Wildman–Crippen MR) is 107 cm³/mol. The lowest BCUT2D eigenvalue weighted by molar-refractivity contribution is -0.124. The van der Waals surface area contributed by atoms with Gasteiger partial charge in [-0.3, -0.25) is 25.2 Å². The van der Waals surface area contributed by atoms with Crippen molar-refractivity contribution in [2.24, 2.45) is 0 Å². The number of ether oxygens (including phenoxy) is 1. The molecule has 29 heavy (non-hydrogen) atoms. The van der Waals surface area contributed by atoms with Crippen LogP contribution in [0, 0.1) is 13.8 Å². The maximum atomic E-state index is 12.1. The summed E-state index contributed by atoms with van der Waals surface area (Å²) in [5.41, 5.74) is 7.61. The van der Waals surface area contributed by atoms with Crippen molar-refractivity contribution in [3.63, 3.8) is 0 Å². The summed E-state index contributed by atoms with van der Waals surface area (Å²) in [6, 6.07) is 11.5. The predicted octanol–water partition coefficient (Wildman–Crippen LogP) is 2.27. The van der Waals surface area contributed by atoms with Crippen LogP contribution in [0.1, 0.15) is 44.7 Å². The van der Waals surface area contributed by atoms with E-state index in [0.717, 1.165) is 11.1 Å². The molecule has 0 aliphatic carbocycles. The first-order valence-electron chi connectivity index (χ1n) is 8.95. The third-order valence-electron chi connectivity index (χ3n) is 4.10. The van der Waals surface area contributed by atoms with Crippen molar-refractivity contribution in [2.45, 2.75) is 26.7 Å². The van der Waals surface area contributed by atoms with E-state index in [0.29, 0.717) is 5.69 Å². The van der Waals surface area contributed by atoms with Gasteiger partial charge in [-0.1, -0.05) is 23.8 Å². The highest BCUT2D eigenvalue weighted by molar-refractivity contribution is 5.99. The van der Waals surface area contributed by atoms with E-state index in [1.807, 2.05) is 32.0 Å². The number of hydrogen-bond donors (Lipinski definition) is 3. The number of carbonyl (C=O) groups excluding carboxylic acids is 4. The van der Waals surface area contributed by atoms with Crippen molar-refractivity contribution in [3.8, 4) is 0 Å². The van der Waals surface area contributed by atoms with Crippen LogP contribution in [0.3, 0.4) is 0 Å². The zero-order valence-electron chi connectivity index (χ0n) is 16.5. The third-order valence-corrected chi connectivity index (χ3v) is 4.10. The van der Waals surface area contributed by atoms with E-state index < -0.39 is 17.8 Å². The van der Waals surface area contributed by atoms with E-state index in [1.165, 1.54) is 31.4 Å². The lowest BCUT2D eigenvalue weighted by Gasteiger charge is -2.10. The Balaban J connectivity index is 1.80. The molecule has 0 unspecified atom stereocenters. The van der Waals surface area contributed by atoms with Gasteiger partial charge in [0.1, 0.15) is 0 Å². The summed E-state index contributed by atoms with van der Waals surface area (Å²) in [4.78, 5) is 47.5. The molecule has 0 spiro atoms. The zero-order valence-corrected chi connectivity index (χ0v) is 16.5. The molecule has 0 radical (unpaired) electrons. The Morgan fingerprint density at radius 2 is 1.55 bits per heavy atom. The number of nitrogens with one attached hydrogen (secondary N) is 3. The van der Waals surface area contributed by atoms with Crippen molar-refractivity contribution in [1.29, 1.82) is 0 Å². The first-order chi connectivity index (χ1) is 13.8. The fourth-order valence-electron chi connectivity index (χ4n) is 2.56. The van der Waals surface area contributed by atoms with Crippen LogP contribution >= 0.6 is 0 Å². The van der Waals surface area contributed by atoms with Gasteiger partial charge in [-0.2, -0.15) is 0 Å². The molecule has 8 heteroatoms. The Bertz CT molecular complexity index is 940. The molecule has 2 aromatic rings. The molecule has 0 bridgehead atoms. The summed E-state index contributed by atoms with van der Waals surface area (Å²) in [5, 5.41) is 2.76. The highest BCUT2D eigenvalue weighted by Crippen LogP contribution is 2.16. The molecule has 8 nitrogen and oxygen atoms in total. The van der Waals surface area contributed by atoms with Crippen LogP contribution in [0.4, 0.5) is 5.69 Å². The minimum absolute atomic E-state index is 0.0349. The molecule has 0 heterocycles. The molecule has 3 amide bonds. The van der Waals surface area contributed by atoms with Crippen molar-refractivity contribution in [2.75, 3.05) is 12.4 Å². The van der Waals surface area contributed by atoms with Crippen LogP contribution < -0.4 is 16.2 Å². The van der Waals surface area contributed by atoms with Gasteiger partial charge in [0.15, 0.2) is 0 Å². The number of rotatable bonds is 6. The van der Waals surface area contributed by atoms with E-state index >= 15 is 0 Å². The molecule has 0 fully saturated rings. The Morgan fingerprint density at radius 3 is 2.24 bits per heavy atom. The van der Waals surface area contributed by atoms with Gasteiger partial charge in [-0.25, -0.2) is 4.79 Å². The van der Waals surface area contributed by atoms with E-state index in [9.17, 15) is 19.2 Å². The Labute approximate surface area is 168 Å². The van der Waals surface area contributed by atoms with Crippen molar-refractivity contribution in [3.05, 3.63) is 64.7 Å². The molecular formula is C21H23N3O5. The van der Waals surface area contributed by atoms with Crippen molar-refractivity contribution < 1.29 is 23.9 Å². The van der Waals surface area contributed by atoms with Gasteiger partial charge in [0.05, 0.1) is 12.7 Å². The summed E-state index contributed by atoms with van der Waals surface area (Å²) in [7, 11) is 1.24. The molecule has 152 valence electrons. The number of esters is 1. The second-order valence-corrected chi connectivity index (χ2v) is 6.44. The SMILES string of the molecule is COC(=O)c1cccc(C(=O)NNC(=O)CCC(=O)Nc2ccc(C)cc2C)c1. The van der Waals surface area contributed by atoms with E-state index in [2.05, 4.69) is 20.9 Å². The van der Waals surface area contributed by atoms with Gasteiger partial charge in [0.25, 0.3) is 5.91 Å². The topological polar surface area (TPSA) is 114 Å². The minimum Gasteiger partial charge on any atom is -0.465 e. The monoisotopic (exact) mass is 397 g/mol. The first-order valence-corrected chi connectivity index (χ1v) is 8.95. The summed E-state index contributed by atoms with van der Waals surface area (Å²) in [6.07, 6.45) is -0.133. The van der Waals surface area contributed by atoms with Gasteiger partial charge in [0.2, 0.25) is 11.8 Å². The number of benzene rings is 2. The summed E-state index contributed by atoms with van der Waals surface area (Å²) in [5.74, 6) is -1.98. The fraction of sp³-hybridized carbons (Fsp3) is 0.238. The lowest BCUT2D eigenvalue weighted by atomic mass is 10.1. The number of aryl methyl sites for hydroxylation is 2. The van der Waals surface area contributed by atoms with Crippen molar-refractivity contribution in [1.82, 2.24) is 10.9 Å². The third kappa shape index (κ3) is 6.46. The average Bonchev–Trinajstić information content (AvgIpc) is 2.72. The molecule has 2 aromatic carbocycles. The lowest BCUT2D eigenvalue weighted by Crippen LogP contribution is -2.41. The molecule has 3 N–H and O–H groups in total. The zero-order chi connectivity index (χ0) is 21.4. The second-order valence-electron chi connectivity index (χ2n) is 6.44. The van der Waals surface area contributed by atoms with E-state index in [4.69, 9.17) is 0 Å². The molecule has 0 saturated heterocycles. The highest BCUT2D eigenvalue weighted by Gasteiger charge is 2.12. The van der Waals surface area contributed by atoms with Gasteiger partial charge < -0.3 is 10.1 Å². The summed E-state index contributed by atoms with van der Waals surface area (Å²) >= 11 is 0. The van der Waals surface area contributed by atoms with Gasteiger partial charge in [-0.05, 0) is 43.7 Å². The number of carbonyl (C=O) groups is 4. The number of anilines is 1. The van der Waals surface area contributed by atoms with Gasteiger partial charge >= 0.3 is 5.97 Å². The molecule has 0 atom stereocenters. The van der Waals surface area contributed by atoms with Crippen LogP contribution in [0.25, 0.3) is 0 Å². The van der Waals surface area contributed by atoms with Crippen LogP contribution in [-0.2, 0) is 14.3 Å². The first kappa shape index (κ1) is 21.6. The highest BCUT2D eigenvalue weighted by atomic mass is 16.5. The smallest absolute Gasteiger partial charge is 0.337 e. The molecular weight excluding hydrogens is 374 g/mol. The maximum absolute atomic E-state index is 12.1. The van der Waals surface area contributed by atoms with Gasteiger partial charge in [0, 0.05) is 24.1 Å². The normalized spacial score (nSPS) is 10.0. The van der Waals surface area contributed by atoms with Crippen LogP contribution in [0.5, 0.6) is 0 Å². The number of hydrogen-bond acceptors (Lipinski definition) is 5. The standard InChI is InChI=1S/C21H23N3O5/c1-13-7-8-17(14(2)11-13)22-18(25)9-10-19(26)23-24-20(27)15-5-4-6-16(12-15)21(28)29-3/h4-8,11-12H,9-10H2,1-3H3,(H,22,25)(H,23,26)(H,24,27). The average molecular weight is 397 g/mol. The minimum atomic E-state index is -0.594. The summed E-state index contributed by atoms with van der Waals surface area (Å²) in [6.45, 7) is 3.85. The molecule has 0 aliphatic rings. The van der Waals surface area contributed by atoms with Crippen LogP contribution in [-0.4, -0.2) is 30.8 Å². The Morgan fingerprint density at radius 1 is 0.862 bits per heavy atom. The quantitative estimate of drug-likeness (QED) is 0.511. The van der Waals surface area contributed by atoms with Gasteiger partial charge in [-0.15, -0.1) is 0 Å². The maximum Gasteiger partial charge on any atom is 0.337 e. The van der Waals surface area contributed by atoms with E-state index in [1.54, 1.807) is 0 Å². The number of hydrazine groups is 1. The Kier molecular flexibility index (Phi) is 7.47. The Hall–Kier alpha value is -3.68. The molecule has 0 aromatic heterocycles. The fourth-order valence-corrected chi connectivity index (χ4v) is 2.56. The summed E-state index contributed by atoms with van der Waals surface area (Å²) < 4.78 is 4.60. The second kappa shape index (κ2) is 10.0. The van der Waals surface area contributed by atoms with Crippen molar-refractivity contribution >= 4 is 29.4 Å². The molecule has 0 aliphatic heterocycles. The molecule has 2 rings (SSSR count). The number of methoxy groups -OCH3 is 1. The van der Waals surface area contributed by atoms with Crippen LogP contribution in [0.2, 0.25) is 0 Å². The number of amides is 3. The molecule has 0 saturated carbocycles. The van der Waals surface area contributed by atoms with E-state index in [-0.39, 0.29) is 29.9 Å². The van der Waals surface area contributed by atoms with Crippen LogP contribution in [0.15, 0.2) is 42.5 Å². The largest absolute Gasteiger partial charge is 0.465 e.